The summed E-state index contributed by atoms with van der Waals surface area (Å²) in [5.74, 6) is -0.363. The van der Waals surface area contributed by atoms with E-state index in [1.165, 1.54) is 17.5 Å². The standard InChI is InChI=1S/C22H26N2O5S/c1-15-10-12-24(13-11-15)30(27,28)19-9-4-16(2)20(14-19)21(25)23-18-7-5-17(6-8-18)22(26)29-3/h4-9,14-15H,10-13H2,1-3H3,(H,23,25). The molecular formula is C22H26N2O5S. The largest absolute Gasteiger partial charge is 0.465 e. The molecule has 160 valence electrons. The molecule has 0 radical (unpaired) electrons. The van der Waals surface area contributed by atoms with Crippen molar-refractivity contribution in [2.75, 3.05) is 25.5 Å². The fraction of sp³-hybridized carbons (Fsp3) is 0.364. The number of carbonyl (C=O) groups is 2. The first-order valence-corrected chi connectivity index (χ1v) is 11.3. The van der Waals surface area contributed by atoms with Gasteiger partial charge in [-0.3, -0.25) is 4.79 Å². The number of ether oxygens (including phenoxy) is 1. The second kappa shape index (κ2) is 8.97. The van der Waals surface area contributed by atoms with E-state index in [0.717, 1.165) is 12.8 Å². The molecule has 0 saturated carbocycles. The fourth-order valence-corrected chi connectivity index (χ4v) is 4.88. The third-order valence-electron chi connectivity index (χ3n) is 5.40. The number of aryl methyl sites for hydroxylation is 1. The van der Waals surface area contributed by atoms with Gasteiger partial charge in [-0.1, -0.05) is 13.0 Å². The Balaban J connectivity index is 1.81. The third kappa shape index (κ3) is 4.71. The molecule has 7 nitrogen and oxygen atoms in total. The van der Waals surface area contributed by atoms with Crippen LogP contribution in [-0.4, -0.2) is 44.8 Å². The predicted octanol–water partition coefficient (Wildman–Crippen LogP) is 3.45. The number of benzene rings is 2. The number of nitrogens with zero attached hydrogens (tertiary/aromatic N) is 1. The summed E-state index contributed by atoms with van der Waals surface area (Å²) in [7, 11) is -2.35. The van der Waals surface area contributed by atoms with Crippen LogP contribution < -0.4 is 5.32 Å². The van der Waals surface area contributed by atoms with E-state index < -0.39 is 21.9 Å². The zero-order valence-corrected chi connectivity index (χ0v) is 18.2. The van der Waals surface area contributed by atoms with E-state index in [9.17, 15) is 18.0 Å². The highest BCUT2D eigenvalue weighted by molar-refractivity contribution is 7.89. The first kappa shape index (κ1) is 22.0. The Labute approximate surface area is 177 Å². The van der Waals surface area contributed by atoms with Gasteiger partial charge in [0.15, 0.2) is 0 Å². The van der Waals surface area contributed by atoms with Gasteiger partial charge in [-0.05, 0) is 67.6 Å². The van der Waals surface area contributed by atoms with E-state index in [4.69, 9.17) is 0 Å². The number of rotatable bonds is 5. The summed E-state index contributed by atoms with van der Waals surface area (Å²) in [4.78, 5) is 24.4. The van der Waals surface area contributed by atoms with E-state index in [2.05, 4.69) is 17.0 Å². The highest BCUT2D eigenvalue weighted by atomic mass is 32.2. The molecule has 1 fully saturated rings. The molecule has 1 aliphatic rings. The van der Waals surface area contributed by atoms with Crippen LogP contribution in [0.1, 0.15) is 46.0 Å². The van der Waals surface area contributed by atoms with Gasteiger partial charge in [0.1, 0.15) is 0 Å². The number of anilines is 1. The van der Waals surface area contributed by atoms with Gasteiger partial charge in [0.2, 0.25) is 10.0 Å². The Hall–Kier alpha value is -2.71. The van der Waals surface area contributed by atoms with E-state index in [1.807, 2.05) is 0 Å². The van der Waals surface area contributed by atoms with Crippen LogP contribution in [0, 0.1) is 12.8 Å². The van der Waals surface area contributed by atoms with Crippen molar-refractivity contribution in [2.45, 2.75) is 31.6 Å². The van der Waals surface area contributed by atoms with Gasteiger partial charge in [-0.25, -0.2) is 13.2 Å². The fourth-order valence-electron chi connectivity index (χ4n) is 3.39. The minimum atomic E-state index is -3.65. The van der Waals surface area contributed by atoms with Gasteiger partial charge < -0.3 is 10.1 Å². The lowest BCUT2D eigenvalue weighted by atomic mass is 10.0. The maximum atomic E-state index is 13.0. The van der Waals surface area contributed by atoms with Gasteiger partial charge in [-0.15, -0.1) is 0 Å². The molecule has 30 heavy (non-hydrogen) atoms. The Morgan fingerprint density at radius 3 is 2.30 bits per heavy atom. The maximum absolute atomic E-state index is 13.0. The Morgan fingerprint density at radius 2 is 1.70 bits per heavy atom. The number of methoxy groups -OCH3 is 1. The average molecular weight is 431 g/mol. The predicted molar refractivity (Wildman–Crippen MR) is 114 cm³/mol. The van der Waals surface area contributed by atoms with Crippen molar-refractivity contribution in [3.05, 3.63) is 59.2 Å². The van der Waals surface area contributed by atoms with Gasteiger partial charge in [0.05, 0.1) is 17.6 Å². The quantitative estimate of drug-likeness (QED) is 0.734. The summed E-state index contributed by atoms with van der Waals surface area (Å²) < 4.78 is 32.2. The molecule has 1 amide bonds. The number of hydrogen-bond donors (Lipinski definition) is 1. The minimum Gasteiger partial charge on any atom is -0.465 e. The van der Waals surface area contributed by atoms with E-state index in [0.29, 0.717) is 41.4 Å². The Bertz CT molecular complexity index is 1040. The average Bonchev–Trinajstić information content (AvgIpc) is 2.74. The molecule has 0 aromatic heterocycles. The number of esters is 1. The molecule has 2 aromatic rings. The molecule has 1 N–H and O–H groups in total. The Morgan fingerprint density at radius 1 is 1.07 bits per heavy atom. The summed E-state index contributed by atoms with van der Waals surface area (Å²) in [6.07, 6.45) is 1.67. The summed E-state index contributed by atoms with van der Waals surface area (Å²) >= 11 is 0. The number of amides is 1. The molecule has 0 unspecified atom stereocenters. The van der Waals surface area contributed by atoms with Crippen LogP contribution in [0.5, 0.6) is 0 Å². The molecule has 8 heteroatoms. The second-order valence-corrected chi connectivity index (χ2v) is 9.52. The van der Waals surface area contributed by atoms with Crippen molar-refractivity contribution in [1.29, 1.82) is 0 Å². The van der Waals surface area contributed by atoms with Crippen LogP contribution in [-0.2, 0) is 14.8 Å². The molecule has 1 saturated heterocycles. The zero-order valence-electron chi connectivity index (χ0n) is 17.3. The molecule has 0 spiro atoms. The molecule has 2 aromatic carbocycles. The van der Waals surface area contributed by atoms with Crippen LogP contribution in [0.3, 0.4) is 0 Å². The summed E-state index contributed by atoms with van der Waals surface area (Å²) in [6, 6.07) is 10.9. The summed E-state index contributed by atoms with van der Waals surface area (Å²) in [6.45, 7) is 4.86. The first-order valence-electron chi connectivity index (χ1n) is 9.83. The van der Waals surface area contributed by atoms with Crippen molar-refractivity contribution in [3.63, 3.8) is 0 Å². The number of nitrogens with one attached hydrogen (secondary N) is 1. The molecule has 0 atom stereocenters. The second-order valence-electron chi connectivity index (χ2n) is 7.59. The first-order chi connectivity index (χ1) is 14.2. The van der Waals surface area contributed by atoms with Crippen molar-refractivity contribution >= 4 is 27.6 Å². The van der Waals surface area contributed by atoms with Crippen LogP contribution in [0.4, 0.5) is 5.69 Å². The van der Waals surface area contributed by atoms with Gasteiger partial charge in [-0.2, -0.15) is 4.31 Å². The lowest BCUT2D eigenvalue weighted by molar-refractivity contribution is 0.0600. The number of piperidine rings is 1. The highest BCUT2D eigenvalue weighted by Crippen LogP contribution is 2.25. The van der Waals surface area contributed by atoms with Crippen molar-refractivity contribution < 1.29 is 22.7 Å². The zero-order chi connectivity index (χ0) is 21.9. The molecule has 1 heterocycles. The summed E-state index contributed by atoms with van der Waals surface area (Å²) in [5, 5.41) is 2.75. The van der Waals surface area contributed by atoms with Crippen molar-refractivity contribution in [1.82, 2.24) is 4.31 Å². The highest BCUT2D eigenvalue weighted by Gasteiger charge is 2.29. The SMILES string of the molecule is COC(=O)c1ccc(NC(=O)c2cc(S(=O)(=O)N3CCC(C)CC3)ccc2C)cc1. The van der Waals surface area contributed by atoms with Crippen LogP contribution in [0.15, 0.2) is 47.4 Å². The molecular weight excluding hydrogens is 404 g/mol. The van der Waals surface area contributed by atoms with Crippen LogP contribution in [0.2, 0.25) is 0 Å². The number of sulfonamides is 1. The maximum Gasteiger partial charge on any atom is 0.337 e. The van der Waals surface area contributed by atoms with Crippen molar-refractivity contribution in [3.8, 4) is 0 Å². The molecule has 0 bridgehead atoms. The van der Waals surface area contributed by atoms with Gasteiger partial charge in [0, 0.05) is 24.3 Å². The van der Waals surface area contributed by atoms with Gasteiger partial charge >= 0.3 is 5.97 Å². The monoisotopic (exact) mass is 430 g/mol. The number of hydrogen-bond acceptors (Lipinski definition) is 5. The summed E-state index contributed by atoms with van der Waals surface area (Å²) in [5.41, 5.74) is 1.82. The van der Waals surface area contributed by atoms with E-state index in [1.54, 1.807) is 43.3 Å². The van der Waals surface area contributed by atoms with E-state index >= 15 is 0 Å². The van der Waals surface area contributed by atoms with E-state index in [-0.39, 0.29) is 4.90 Å². The molecule has 3 rings (SSSR count). The molecule has 1 aliphatic heterocycles. The Kier molecular flexibility index (Phi) is 6.58. The minimum absolute atomic E-state index is 0.119. The normalized spacial score (nSPS) is 15.6. The topological polar surface area (TPSA) is 92.8 Å². The molecule has 0 aliphatic carbocycles. The lowest BCUT2D eigenvalue weighted by Crippen LogP contribution is -2.38. The smallest absolute Gasteiger partial charge is 0.337 e. The van der Waals surface area contributed by atoms with Crippen molar-refractivity contribution in [2.24, 2.45) is 5.92 Å². The van der Waals surface area contributed by atoms with Gasteiger partial charge in [0.25, 0.3) is 5.91 Å². The van der Waals surface area contributed by atoms with Crippen LogP contribution >= 0.6 is 0 Å². The third-order valence-corrected chi connectivity index (χ3v) is 7.29. The van der Waals surface area contributed by atoms with Crippen LogP contribution in [0.25, 0.3) is 0 Å². The lowest BCUT2D eigenvalue weighted by Gasteiger charge is -2.29. The number of carbonyl (C=O) groups excluding carboxylic acids is 2.